The van der Waals surface area contributed by atoms with Crippen LogP contribution in [0.4, 0.5) is 18.9 Å². The molecule has 0 aliphatic rings. The Bertz CT molecular complexity index is 614. The summed E-state index contributed by atoms with van der Waals surface area (Å²) in [6.45, 7) is -0.135. The summed E-state index contributed by atoms with van der Waals surface area (Å²) in [6.07, 6.45) is -4.40. The van der Waals surface area contributed by atoms with Crippen LogP contribution in [0.3, 0.4) is 0 Å². The fourth-order valence-electron chi connectivity index (χ4n) is 1.67. The minimum Gasteiger partial charge on any atom is -0.398 e. The van der Waals surface area contributed by atoms with E-state index in [9.17, 15) is 18.3 Å². The summed E-state index contributed by atoms with van der Waals surface area (Å²) < 4.78 is 37.6. The first-order valence-electron chi connectivity index (χ1n) is 5.75. The topological polar surface area (TPSA) is 46.2 Å². The molecule has 2 aromatic rings. The number of alkyl halides is 3. The fourth-order valence-corrected chi connectivity index (χ4v) is 2.63. The maximum atomic E-state index is 12.5. The van der Waals surface area contributed by atoms with Crippen LogP contribution in [0.1, 0.15) is 11.1 Å². The molecular formula is C14H12F3NOS. The number of hydrogen-bond acceptors (Lipinski definition) is 3. The third kappa shape index (κ3) is 3.26. The lowest BCUT2D eigenvalue weighted by Crippen LogP contribution is -2.05. The van der Waals surface area contributed by atoms with Crippen LogP contribution in [0.15, 0.2) is 52.3 Å². The first kappa shape index (κ1) is 14.7. The van der Waals surface area contributed by atoms with E-state index < -0.39 is 11.7 Å². The number of nitrogens with two attached hydrogens (primary N) is 1. The highest BCUT2D eigenvalue weighted by Crippen LogP contribution is 2.37. The Kier molecular flexibility index (Phi) is 4.25. The number of benzene rings is 2. The predicted molar refractivity (Wildman–Crippen MR) is 72.3 cm³/mol. The van der Waals surface area contributed by atoms with Gasteiger partial charge in [-0.1, -0.05) is 30.0 Å². The second-order valence-corrected chi connectivity index (χ2v) is 5.20. The van der Waals surface area contributed by atoms with E-state index >= 15 is 0 Å². The zero-order chi connectivity index (χ0) is 14.8. The van der Waals surface area contributed by atoms with Gasteiger partial charge in [-0.25, -0.2) is 0 Å². The summed E-state index contributed by atoms with van der Waals surface area (Å²) in [5, 5.41) is 9.22. The van der Waals surface area contributed by atoms with E-state index in [0.29, 0.717) is 10.5 Å². The van der Waals surface area contributed by atoms with Gasteiger partial charge in [0.15, 0.2) is 0 Å². The minimum atomic E-state index is -4.40. The van der Waals surface area contributed by atoms with E-state index in [1.165, 1.54) is 17.8 Å². The number of aliphatic hydroxyl groups is 1. The molecule has 0 heterocycles. The van der Waals surface area contributed by atoms with E-state index in [0.717, 1.165) is 17.0 Å². The van der Waals surface area contributed by atoms with Gasteiger partial charge in [0.05, 0.1) is 12.2 Å². The van der Waals surface area contributed by atoms with Gasteiger partial charge in [0, 0.05) is 15.5 Å². The van der Waals surface area contributed by atoms with Gasteiger partial charge >= 0.3 is 6.18 Å². The van der Waals surface area contributed by atoms with Crippen LogP contribution < -0.4 is 5.73 Å². The minimum absolute atomic E-state index is 0.0672. The molecule has 106 valence electrons. The predicted octanol–water partition coefficient (Wildman–Crippen LogP) is 3.93. The molecule has 0 radical (unpaired) electrons. The Morgan fingerprint density at radius 1 is 1.05 bits per heavy atom. The van der Waals surface area contributed by atoms with Gasteiger partial charge in [-0.2, -0.15) is 13.2 Å². The molecule has 6 heteroatoms. The lowest BCUT2D eigenvalue weighted by atomic mass is 10.2. The monoisotopic (exact) mass is 299 g/mol. The van der Waals surface area contributed by atoms with Crippen LogP contribution in [0.5, 0.6) is 0 Å². The normalized spacial score (nSPS) is 11.6. The number of rotatable bonds is 3. The first-order valence-corrected chi connectivity index (χ1v) is 6.57. The third-order valence-electron chi connectivity index (χ3n) is 2.70. The Balaban J connectivity index is 2.31. The van der Waals surface area contributed by atoms with Crippen molar-refractivity contribution < 1.29 is 18.3 Å². The lowest BCUT2D eigenvalue weighted by molar-refractivity contribution is -0.137. The van der Waals surface area contributed by atoms with Crippen LogP contribution >= 0.6 is 11.8 Å². The molecular weight excluding hydrogens is 287 g/mol. The second-order valence-electron chi connectivity index (χ2n) is 4.12. The summed E-state index contributed by atoms with van der Waals surface area (Å²) in [6, 6.07) is 10.4. The highest BCUT2D eigenvalue weighted by Gasteiger charge is 2.30. The summed E-state index contributed by atoms with van der Waals surface area (Å²) in [4.78, 5) is 1.29. The van der Waals surface area contributed by atoms with Crippen molar-refractivity contribution in [1.82, 2.24) is 0 Å². The average Bonchev–Trinajstić information content (AvgIpc) is 2.40. The molecule has 0 aromatic heterocycles. The van der Waals surface area contributed by atoms with Gasteiger partial charge < -0.3 is 10.8 Å². The molecule has 0 fully saturated rings. The molecule has 2 rings (SSSR count). The molecule has 0 aliphatic heterocycles. The van der Waals surface area contributed by atoms with Crippen molar-refractivity contribution in [3.63, 3.8) is 0 Å². The number of nitrogen functional groups attached to an aromatic ring is 1. The molecule has 0 spiro atoms. The highest BCUT2D eigenvalue weighted by atomic mass is 32.2. The van der Waals surface area contributed by atoms with Crippen LogP contribution in [0.25, 0.3) is 0 Å². The number of halogens is 3. The van der Waals surface area contributed by atoms with Crippen LogP contribution in [-0.2, 0) is 12.8 Å². The molecule has 3 N–H and O–H groups in total. The van der Waals surface area contributed by atoms with Crippen molar-refractivity contribution in [2.75, 3.05) is 5.73 Å². The number of anilines is 1. The van der Waals surface area contributed by atoms with Gasteiger partial charge in [-0.15, -0.1) is 0 Å². The molecule has 0 saturated heterocycles. The molecule has 0 saturated carbocycles. The summed E-state index contributed by atoms with van der Waals surface area (Å²) in [5.74, 6) is 0. The Hall–Kier alpha value is -1.66. The standard InChI is InChI=1S/C14H12F3NOS/c15-14(16,17)10-5-6-13(11(18)7-10)20-12-4-2-1-3-9(12)8-19/h1-7,19H,8,18H2. The molecule has 0 amide bonds. The van der Waals surface area contributed by atoms with E-state index in [-0.39, 0.29) is 12.3 Å². The van der Waals surface area contributed by atoms with Gasteiger partial charge in [0.25, 0.3) is 0 Å². The average molecular weight is 299 g/mol. The Labute approximate surface area is 118 Å². The zero-order valence-electron chi connectivity index (χ0n) is 10.3. The van der Waals surface area contributed by atoms with E-state index in [1.54, 1.807) is 24.3 Å². The van der Waals surface area contributed by atoms with Crippen molar-refractivity contribution in [1.29, 1.82) is 0 Å². The lowest BCUT2D eigenvalue weighted by Gasteiger charge is -2.12. The maximum Gasteiger partial charge on any atom is 0.416 e. The summed E-state index contributed by atoms with van der Waals surface area (Å²) in [7, 11) is 0. The smallest absolute Gasteiger partial charge is 0.398 e. The molecule has 20 heavy (non-hydrogen) atoms. The maximum absolute atomic E-state index is 12.5. The molecule has 0 atom stereocenters. The van der Waals surface area contributed by atoms with Gasteiger partial charge in [0.1, 0.15) is 0 Å². The van der Waals surface area contributed by atoms with Gasteiger partial charge in [0.2, 0.25) is 0 Å². The SMILES string of the molecule is Nc1cc(C(F)(F)F)ccc1Sc1ccccc1CO. The molecule has 2 aromatic carbocycles. The van der Waals surface area contributed by atoms with Crippen molar-refractivity contribution in [3.8, 4) is 0 Å². The van der Waals surface area contributed by atoms with Crippen molar-refractivity contribution >= 4 is 17.4 Å². The summed E-state index contributed by atoms with van der Waals surface area (Å²) >= 11 is 1.23. The molecule has 2 nitrogen and oxygen atoms in total. The van der Waals surface area contributed by atoms with Crippen LogP contribution in [-0.4, -0.2) is 5.11 Å². The Morgan fingerprint density at radius 2 is 1.75 bits per heavy atom. The fraction of sp³-hybridized carbons (Fsp3) is 0.143. The Morgan fingerprint density at radius 3 is 2.35 bits per heavy atom. The number of hydrogen-bond donors (Lipinski definition) is 2. The largest absolute Gasteiger partial charge is 0.416 e. The second kappa shape index (κ2) is 5.76. The first-order chi connectivity index (χ1) is 9.41. The quantitative estimate of drug-likeness (QED) is 0.844. The highest BCUT2D eigenvalue weighted by molar-refractivity contribution is 7.99. The number of aliphatic hydroxyl groups excluding tert-OH is 1. The van der Waals surface area contributed by atoms with E-state index in [1.807, 2.05) is 0 Å². The van der Waals surface area contributed by atoms with Crippen molar-refractivity contribution in [2.24, 2.45) is 0 Å². The molecule has 0 aliphatic carbocycles. The van der Waals surface area contributed by atoms with Crippen molar-refractivity contribution in [3.05, 3.63) is 53.6 Å². The molecule has 0 bridgehead atoms. The van der Waals surface area contributed by atoms with E-state index in [4.69, 9.17) is 5.73 Å². The van der Waals surface area contributed by atoms with Crippen molar-refractivity contribution in [2.45, 2.75) is 22.6 Å². The van der Waals surface area contributed by atoms with Gasteiger partial charge in [-0.3, -0.25) is 0 Å². The molecule has 0 unspecified atom stereocenters. The summed E-state index contributed by atoms with van der Waals surface area (Å²) in [5.41, 5.74) is 5.68. The zero-order valence-corrected chi connectivity index (χ0v) is 11.1. The van der Waals surface area contributed by atoms with Gasteiger partial charge in [-0.05, 0) is 29.8 Å². The van der Waals surface area contributed by atoms with Crippen LogP contribution in [0.2, 0.25) is 0 Å². The van der Waals surface area contributed by atoms with E-state index in [2.05, 4.69) is 0 Å². The van der Waals surface area contributed by atoms with Crippen LogP contribution in [0, 0.1) is 0 Å². The third-order valence-corrected chi connectivity index (χ3v) is 3.91.